The third kappa shape index (κ3) is 3.65. The number of amides is 1. The van der Waals surface area contributed by atoms with Crippen LogP contribution in [0.15, 0.2) is 41.5 Å². The van der Waals surface area contributed by atoms with Gasteiger partial charge < -0.3 is 19.5 Å². The highest BCUT2D eigenvalue weighted by Crippen LogP contribution is 2.35. The number of nitrogens with zero attached hydrogens (tertiary/aromatic N) is 2. The minimum absolute atomic E-state index is 0.183. The van der Waals surface area contributed by atoms with Crippen LogP contribution in [0.2, 0.25) is 0 Å². The van der Waals surface area contributed by atoms with Crippen molar-refractivity contribution in [2.45, 2.75) is 19.6 Å². The average Bonchev–Trinajstić information content (AvgIpc) is 3.04. The van der Waals surface area contributed by atoms with E-state index in [4.69, 9.17) is 14.2 Å². The minimum atomic E-state index is -0.684. The lowest BCUT2D eigenvalue weighted by molar-refractivity contribution is -0.127. The zero-order chi connectivity index (χ0) is 16.9. The molecule has 2 heterocycles. The number of fused-ring (bicyclic) bond motifs is 1. The van der Waals surface area contributed by atoms with Crippen LogP contribution in [0.4, 0.5) is 0 Å². The van der Waals surface area contributed by atoms with Crippen LogP contribution in [0.1, 0.15) is 6.92 Å². The van der Waals surface area contributed by atoms with Gasteiger partial charge in [0.05, 0.1) is 0 Å². The fraction of sp³-hybridized carbons (Fsp3) is 0.312. The molecule has 0 fully saturated rings. The van der Waals surface area contributed by atoms with Crippen LogP contribution >= 0.6 is 0 Å². The van der Waals surface area contributed by atoms with Gasteiger partial charge >= 0.3 is 5.69 Å². The van der Waals surface area contributed by atoms with Gasteiger partial charge in [0.25, 0.3) is 5.91 Å². The van der Waals surface area contributed by atoms with Crippen LogP contribution in [-0.4, -0.2) is 34.9 Å². The topological polar surface area (TPSA) is 91.7 Å². The molecule has 8 heteroatoms. The van der Waals surface area contributed by atoms with Crippen LogP contribution in [0.3, 0.4) is 0 Å². The third-order valence-corrected chi connectivity index (χ3v) is 3.46. The fourth-order valence-electron chi connectivity index (χ4n) is 2.21. The Kier molecular flexibility index (Phi) is 4.64. The summed E-state index contributed by atoms with van der Waals surface area (Å²) in [5.41, 5.74) is -0.351. The predicted octanol–water partition coefficient (Wildman–Crippen LogP) is 0.556. The maximum Gasteiger partial charge on any atom is 0.347 e. The van der Waals surface area contributed by atoms with Gasteiger partial charge in [0.15, 0.2) is 17.6 Å². The van der Waals surface area contributed by atoms with Crippen molar-refractivity contribution in [1.29, 1.82) is 0 Å². The average molecular weight is 331 g/mol. The largest absolute Gasteiger partial charge is 0.481 e. The van der Waals surface area contributed by atoms with Gasteiger partial charge in [0.2, 0.25) is 6.79 Å². The molecule has 2 aromatic rings. The van der Waals surface area contributed by atoms with E-state index in [0.29, 0.717) is 30.3 Å². The third-order valence-electron chi connectivity index (χ3n) is 3.46. The van der Waals surface area contributed by atoms with Gasteiger partial charge in [-0.1, -0.05) is 0 Å². The molecule has 1 atom stereocenters. The van der Waals surface area contributed by atoms with Crippen molar-refractivity contribution >= 4 is 5.91 Å². The summed E-state index contributed by atoms with van der Waals surface area (Å²) >= 11 is 0. The van der Waals surface area contributed by atoms with Crippen LogP contribution in [0.25, 0.3) is 0 Å². The Balaban J connectivity index is 1.50. The number of hydrogen-bond acceptors (Lipinski definition) is 6. The van der Waals surface area contributed by atoms with E-state index in [1.165, 1.54) is 10.8 Å². The molecule has 1 amide bonds. The summed E-state index contributed by atoms with van der Waals surface area (Å²) in [4.78, 5) is 27.2. The monoisotopic (exact) mass is 331 g/mol. The first-order valence-corrected chi connectivity index (χ1v) is 7.49. The number of ether oxygens (including phenoxy) is 3. The number of carbonyl (C=O) groups is 1. The van der Waals surface area contributed by atoms with E-state index in [9.17, 15) is 9.59 Å². The highest BCUT2D eigenvalue weighted by Gasteiger charge is 2.18. The standard InChI is InChI=1S/C16H17N3O5/c1-11(24-12-3-4-13-14(9-12)23-10-22-13)15(20)17-6-8-19-7-2-5-18-16(19)21/h2-5,7,9,11H,6,8,10H2,1H3,(H,17,20). The molecule has 1 aromatic heterocycles. The van der Waals surface area contributed by atoms with E-state index in [1.807, 2.05) is 0 Å². The Morgan fingerprint density at radius 2 is 2.25 bits per heavy atom. The summed E-state index contributed by atoms with van der Waals surface area (Å²) in [6.45, 7) is 2.48. The van der Waals surface area contributed by atoms with Gasteiger partial charge in [-0.3, -0.25) is 9.36 Å². The van der Waals surface area contributed by atoms with Crippen molar-refractivity contribution in [2.24, 2.45) is 0 Å². The molecular formula is C16H17N3O5. The summed E-state index contributed by atoms with van der Waals surface area (Å²) < 4.78 is 17.5. The Morgan fingerprint density at radius 3 is 3.08 bits per heavy atom. The molecule has 1 unspecified atom stereocenters. The Labute approximate surface area is 138 Å². The fourth-order valence-corrected chi connectivity index (χ4v) is 2.21. The lowest BCUT2D eigenvalue weighted by Gasteiger charge is -2.15. The van der Waals surface area contributed by atoms with Gasteiger partial charge in [0, 0.05) is 31.5 Å². The number of benzene rings is 1. The van der Waals surface area contributed by atoms with Crippen LogP contribution < -0.4 is 25.2 Å². The zero-order valence-corrected chi connectivity index (χ0v) is 13.1. The quantitative estimate of drug-likeness (QED) is 0.831. The molecule has 8 nitrogen and oxygen atoms in total. The van der Waals surface area contributed by atoms with E-state index in [1.54, 1.807) is 37.4 Å². The highest BCUT2D eigenvalue weighted by atomic mass is 16.7. The van der Waals surface area contributed by atoms with Gasteiger partial charge in [-0.2, -0.15) is 0 Å². The summed E-state index contributed by atoms with van der Waals surface area (Å²) in [5, 5.41) is 2.72. The first-order valence-electron chi connectivity index (χ1n) is 7.49. The van der Waals surface area contributed by atoms with E-state index in [2.05, 4.69) is 10.3 Å². The summed E-state index contributed by atoms with van der Waals surface area (Å²) in [7, 11) is 0. The molecule has 24 heavy (non-hydrogen) atoms. The molecule has 1 N–H and O–H groups in total. The molecule has 1 aromatic carbocycles. The van der Waals surface area contributed by atoms with Crippen LogP contribution in [0.5, 0.6) is 17.2 Å². The van der Waals surface area contributed by atoms with Crippen molar-refractivity contribution in [1.82, 2.24) is 14.9 Å². The molecule has 0 aliphatic carbocycles. The van der Waals surface area contributed by atoms with Gasteiger partial charge in [-0.05, 0) is 25.1 Å². The maximum absolute atomic E-state index is 12.1. The van der Waals surface area contributed by atoms with Crippen LogP contribution in [-0.2, 0) is 11.3 Å². The molecule has 126 valence electrons. The van der Waals surface area contributed by atoms with E-state index in [-0.39, 0.29) is 18.4 Å². The highest BCUT2D eigenvalue weighted by molar-refractivity contribution is 5.80. The van der Waals surface area contributed by atoms with Crippen molar-refractivity contribution in [3.63, 3.8) is 0 Å². The number of aromatic nitrogens is 2. The minimum Gasteiger partial charge on any atom is -0.481 e. The SMILES string of the molecule is CC(Oc1ccc2c(c1)OCO2)C(=O)NCCn1cccnc1=O. The molecule has 0 bridgehead atoms. The summed E-state index contributed by atoms with van der Waals surface area (Å²) in [6.07, 6.45) is 2.36. The molecule has 1 aliphatic rings. The van der Waals surface area contributed by atoms with E-state index < -0.39 is 6.10 Å². The first kappa shape index (κ1) is 15.9. The lowest BCUT2D eigenvalue weighted by Crippen LogP contribution is -2.39. The zero-order valence-electron chi connectivity index (χ0n) is 13.1. The molecule has 0 radical (unpaired) electrons. The molecule has 0 saturated carbocycles. The number of hydrogen-bond donors (Lipinski definition) is 1. The second kappa shape index (κ2) is 7.03. The molecule has 1 aliphatic heterocycles. The van der Waals surface area contributed by atoms with Crippen LogP contribution in [0, 0.1) is 0 Å². The van der Waals surface area contributed by atoms with Crippen molar-refractivity contribution in [3.05, 3.63) is 47.1 Å². The van der Waals surface area contributed by atoms with Gasteiger partial charge in [-0.15, -0.1) is 0 Å². The number of carbonyl (C=O) groups excluding carboxylic acids is 1. The Hall–Kier alpha value is -3.03. The number of nitrogens with one attached hydrogen (secondary N) is 1. The normalized spacial score (nSPS) is 13.4. The van der Waals surface area contributed by atoms with E-state index in [0.717, 1.165) is 0 Å². The lowest BCUT2D eigenvalue weighted by atomic mass is 10.3. The van der Waals surface area contributed by atoms with Crippen molar-refractivity contribution in [3.8, 4) is 17.2 Å². The Morgan fingerprint density at radius 1 is 1.42 bits per heavy atom. The van der Waals surface area contributed by atoms with Gasteiger partial charge in [0.1, 0.15) is 5.75 Å². The predicted molar refractivity (Wildman–Crippen MR) is 84.2 cm³/mol. The molecular weight excluding hydrogens is 314 g/mol. The summed E-state index contributed by atoms with van der Waals surface area (Å²) in [6, 6.07) is 6.79. The smallest absolute Gasteiger partial charge is 0.347 e. The van der Waals surface area contributed by atoms with Gasteiger partial charge in [-0.25, -0.2) is 9.78 Å². The molecule has 3 rings (SSSR count). The molecule has 0 saturated heterocycles. The summed E-state index contributed by atoms with van der Waals surface area (Å²) in [5.74, 6) is 1.49. The Bertz CT molecular complexity index is 789. The van der Waals surface area contributed by atoms with Crippen molar-refractivity contribution < 1.29 is 19.0 Å². The first-order chi connectivity index (χ1) is 11.6. The second-order valence-corrected chi connectivity index (χ2v) is 5.16. The molecule has 0 spiro atoms. The second-order valence-electron chi connectivity index (χ2n) is 5.16. The maximum atomic E-state index is 12.1. The van der Waals surface area contributed by atoms with E-state index >= 15 is 0 Å². The van der Waals surface area contributed by atoms with Crippen molar-refractivity contribution in [2.75, 3.05) is 13.3 Å². The number of rotatable bonds is 6.